The SMILES string of the molecule is c1ccc(-c2cccc3c2c2ccccc2n3-c2nc3c(ccc4oc5ccccc5c43)o2)cc1. The number of furan rings is 1. The molecule has 4 heteroatoms. The molecule has 0 fully saturated rings. The van der Waals surface area contributed by atoms with Crippen LogP contribution in [0.1, 0.15) is 0 Å². The second-order valence-corrected chi connectivity index (χ2v) is 8.80. The van der Waals surface area contributed by atoms with Crippen LogP contribution in [-0.2, 0) is 0 Å². The number of oxazole rings is 1. The van der Waals surface area contributed by atoms with Gasteiger partial charge in [0.2, 0.25) is 0 Å². The van der Waals surface area contributed by atoms with Crippen molar-refractivity contribution in [1.82, 2.24) is 9.55 Å². The number of benzene rings is 5. The van der Waals surface area contributed by atoms with Crippen molar-refractivity contribution in [3.63, 3.8) is 0 Å². The van der Waals surface area contributed by atoms with E-state index in [2.05, 4.69) is 77.4 Å². The third-order valence-corrected chi connectivity index (χ3v) is 6.86. The largest absolute Gasteiger partial charge is 0.456 e. The summed E-state index contributed by atoms with van der Waals surface area (Å²) >= 11 is 0. The van der Waals surface area contributed by atoms with E-state index in [1.54, 1.807) is 0 Å². The predicted molar refractivity (Wildman–Crippen MR) is 141 cm³/mol. The minimum Gasteiger partial charge on any atom is -0.456 e. The Bertz CT molecular complexity index is 2060. The normalized spacial score (nSPS) is 12.0. The Labute approximate surface area is 199 Å². The lowest BCUT2D eigenvalue weighted by molar-refractivity contribution is 0.574. The summed E-state index contributed by atoms with van der Waals surface area (Å²) in [7, 11) is 0. The van der Waals surface area contributed by atoms with Gasteiger partial charge in [-0.1, -0.05) is 78.9 Å². The molecule has 0 aliphatic rings. The molecule has 0 aliphatic carbocycles. The highest BCUT2D eigenvalue weighted by molar-refractivity contribution is 6.17. The molecule has 8 rings (SSSR count). The van der Waals surface area contributed by atoms with Gasteiger partial charge >= 0.3 is 6.01 Å². The van der Waals surface area contributed by atoms with E-state index in [1.165, 1.54) is 21.9 Å². The Kier molecular flexibility index (Phi) is 3.63. The van der Waals surface area contributed by atoms with Gasteiger partial charge in [-0.15, -0.1) is 0 Å². The molecule has 0 unspecified atom stereocenters. The van der Waals surface area contributed by atoms with Gasteiger partial charge in [0, 0.05) is 16.2 Å². The summed E-state index contributed by atoms with van der Waals surface area (Å²) < 4.78 is 14.6. The maximum absolute atomic E-state index is 6.41. The Hall–Kier alpha value is -4.83. The number of fused-ring (bicyclic) bond motifs is 8. The molecule has 0 bridgehead atoms. The van der Waals surface area contributed by atoms with E-state index in [-0.39, 0.29) is 0 Å². The van der Waals surface area contributed by atoms with Crippen LogP contribution >= 0.6 is 0 Å². The van der Waals surface area contributed by atoms with Crippen molar-refractivity contribution in [3.8, 4) is 17.1 Å². The lowest BCUT2D eigenvalue weighted by Gasteiger charge is -2.05. The minimum absolute atomic E-state index is 0.550. The van der Waals surface area contributed by atoms with E-state index in [4.69, 9.17) is 13.8 Å². The van der Waals surface area contributed by atoms with Crippen molar-refractivity contribution < 1.29 is 8.83 Å². The Morgan fingerprint density at radius 1 is 0.514 bits per heavy atom. The fourth-order valence-corrected chi connectivity index (χ4v) is 5.37. The summed E-state index contributed by atoms with van der Waals surface area (Å²) in [6.45, 7) is 0. The van der Waals surface area contributed by atoms with Gasteiger partial charge < -0.3 is 8.83 Å². The molecule has 8 aromatic rings. The number of rotatable bonds is 2. The highest BCUT2D eigenvalue weighted by Gasteiger charge is 2.21. The average Bonchev–Trinajstić information content (AvgIpc) is 3.59. The molecule has 3 aromatic heterocycles. The summed E-state index contributed by atoms with van der Waals surface area (Å²) in [5, 5.41) is 4.39. The number of aromatic nitrogens is 2. The van der Waals surface area contributed by atoms with Crippen LogP contribution in [-0.4, -0.2) is 9.55 Å². The number of hydrogen-bond acceptors (Lipinski definition) is 3. The van der Waals surface area contributed by atoms with Crippen molar-refractivity contribution in [2.75, 3.05) is 0 Å². The smallest absolute Gasteiger partial charge is 0.307 e. The van der Waals surface area contributed by atoms with E-state index in [1.807, 2.05) is 36.4 Å². The maximum atomic E-state index is 6.41. The van der Waals surface area contributed by atoms with Gasteiger partial charge in [0.05, 0.1) is 16.4 Å². The monoisotopic (exact) mass is 450 g/mol. The Morgan fingerprint density at radius 3 is 2.17 bits per heavy atom. The Morgan fingerprint density at radius 2 is 1.26 bits per heavy atom. The van der Waals surface area contributed by atoms with Crippen LogP contribution in [0.3, 0.4) is 0 Å². The van der Waals surface area contributed by atoms with Gasteiger partial charge in [0.25, 0.3) is 0 Å². The minimum atomic E-state index is 0.550. The topological polar surface area (TPSA) is 44.1 Å². The zero-order valence-electron chi connectivity index (χ0n) is 18.6. The number of para-hydroxylation sites is 2. The first kappa shape index (κ1) is 18.6. The van der Waals surface area contributed by atoms with Crippen LogP contribution in [0.4, 0.5) is 0 Å². The van der Waals surface area contributed by atoms with Gasteiger partial charge in [-0.2, -0.15) is 4.98 Å². The molecule has 0 amide bonds. The van der Waals surface area contributed by atoms with E-state index in [9.17, 15) is 0 Å². The predicted octanol–water partition coefficient (Wildman–Crippen LogP) is 8.49. The molecule has 0 radical (unpaired) electrons. The zero-order chi connectivity index (χ0) is 22.9. The van der Waals surface area contributed by atoms with Gasteiger partial charge in [0.15, 0.2) is 5.58 Å². The van der Waals surface area contributed by atoms with Crippen LogP contribution in [0.25, 0.3) is 72.0 Å². The second kappa shape index (κ2) is 6.84. The molecule has 0 aliphatic heterocycles. The van der Waals surface area contributed by atoms with E-state index in [0.717, 1.165) is 44.1 Å². The van der Waals surface area contributed by atoms with Gasteiger partial charge in [-0.05, 0) is 41.5 Å². The van der Waals surface area contributed by atoms with Crippen LogP contribution in [0.2, 0.25) is 0 Å². The third-order valence-electron chi connectivity index (χ3n) is 6.86. The fraction of sp³-hybridized carbons (Fsp3) is 0. The zero-order valence-corrected chi connectivity index (χ0v) is 18.6. The summed E-state index contributed by atoms with van der Waals surface area (Å²) in [4.78, 5) is 5.04. The van der Waals surface area contributed by atoms with Crippen LogP contribution in [0.15, 0.2) is 118 Å². The molecule has 0 N–H and O–H groups in total. The summed E-state index contributed by atoms with van der Waals surface area (Å²) in [5.74, 6) is 0. The van der Waals surface area contributed by atoms with E-state index >= 15 is 0 Å². The molecule has 0 saturated heterocycles. The van der Waals surface area contributed by atoms with E-state index in [0.29, 0.717) is 6.01 Å². The van der Waals surface area contributed by atoms with Crippen LogP contribution in [0, 0.1) is 0 Å². The molecule has 164 valence electrons. The standard InChI is InChI=1S/C31H18N2O2/c1-2-9-19(10-3-1)20-13-8-15-24-28(20)21-11-4-6-14-23(21)33(24)31-32-30-27(35-31)18-17-26-29(30)22-12-5-7-16-25(22)34-26/h1-18H. The Balaban J connectivity index is 1.49. The van der Waals surface area contributed by atoms with Crippen molar-refractivity contribution >= 4 is 54.8 Å². The molecular formula is C31H18N2O2. The van der Waals surface area contributed by atoms with Gasteiger partial charge in [-0.3, -0.25) is 4.57 Å². The average molecular weight is 450 g/mol. The molecule has 0 atom stereocenters. The van der Waals surface area contributed by atoms with Crippen molar-refractivity contribution in [2.45, 2.75) is 0 Å². The molecular weight excluding hydrogens is 432 g/mol. The third kappa shape index (κ3) is 2.53. The van der Waals surface area contributed by atoms with Gasteiger partial charge in [0.1, 0.15) is 16.7 Å². The molecule has 0 saturated carbocycles. The second-order valence-electron chi connectivity index (χ2n) is 8.80. The van der Waals surface area contributed by atoms with Gasteiger partial charge in [-0.25, -0.2) is 0 Å². The first-order chi connectivity index (χ1) is 17.4. The molecule has 5 aromatic carbocycles. The lowest BCUT2D eigenvalue weighted by atomic mass is 10.00. The molecule has 0 spiro atoms. The van der Waals surface area contributed by atoms with Crippen LogP contribution in [0.5, 0.6) is 0 Å². The summed E-state index contributed by atoms with van der Waals surface area (Å²) in [6.07, 6.45) is 0. The van der Waals surface area contributed by atoms with E-state index < -0.39 is 0 Å². The molecule has 35 heavy (non-hydrogen) atoms. The molecule has 3 heterocycles. The number of hydrogen-bond donors (Lipinski definition) is 0. The highest BCUT2D eigenvalue weighted by atomic mass is 16.4. The van der Waals surface area contributed by atoms with Crippen molar-refractivity contribution in [2.24, 2.45) is 0 Å². The fourth-order valence-electron chi connectivity index (χ4n) is 5.37. The first-order valence-corrected chi connectivity index (χ1v) is 11.7. The first-order valence-electron chi connectivity index (χ1n) is 11.7. The van der Waals surface area contributed by atoms with Crippen molar-refractivity contribution in [3.05, 3.63) is 109 Å². The summed E-state index contributed by atoms with van der Waals surface area (Å²) in [5.41, 5.74) is 7.72. The lowest BCUT2D eigenvalue weighted by Crippen LogP contribution is -1.93. The van der Waals surface area contributed by atoms with Crippen molar-refractivity contribution in [1.29, 1.82) is 0 Å². The number of nitrogens with zero attached hydrogens (tertiary/aromatic N) is 2. The maximum Gasteiger partial charge on any atom is 0.307 e. The summed E-state index contributed by atoms with van der Waals surface area (Å²) in [6, 6.07) is 37.9. The highest BCUT2D eigenvalue weighted by Crippen LogP contribution is 2.40. The quantitative estimate of drug-likeness (QED) is 0.265. The van der Waals surface area contributed by atoms with Crippen LogP contribution < -0.4 is 0 Å². The molecule has 4 nitrogen and oxygen atoms in total.